The van der Waals surface area contributed by atoms with Gasteiger partial charge in [0.2, 0.25) is 5.60 Å². The van der Waals surface area contributed by atoms with Gasteiger partial charge in [-0.25, -0.2) is 4.79 Å². The third-order valence-corrected chi connectivity index (χ3v) is 6.53. The highest BCUT2D eigenvalue weighted by Gasteiger charge is 2.44. The third kappa shape index (κ3) is 5.50. The number of carbonyl (C=O) groups is 1. The molecule has 0 bridgehead atoms. The minimum Gasteiger partial charge on any atom is -0.476 e. The van der Waals surface area contributed by atoms with Crippen LogP contribution in [-0.4, -0.2) is 37.9 Å². The summed E-state index contributed by atoms with van der Waals surface area (Å²) < 4.78 is 41.0. The Labute approximate surface area is 194 Å². The van der Waals surface area contributed by atoms with E-state index in [1.807, 2.05) is 36.5 Å². The van der Waals surface area contributed by atoms with E-state index in [0.717, 1.165) is 55.0 Å². The Morgan fingerprint density at radius 3 is 2.58 bits per heavy atom. The van der Waals surface area contributed by atoms with Gasteiger partial charge in [0, 0.05) is 23.6 Å². The largest absolute Gasteiger partial charge is 0.476 e. The van der Waals surface area contributed by atoms with Crippen LogP contribution in [-0.2, 0) is 32.6 Å². The van der Waals surface area contributed by atoms with E-state index in [9.17, 15) is 13.2 Å². The fraction of sp³-hybridized carbons (Fsp3) is 0.400. The second-order valence-electron chi connectivity index (χ2n) is 8.56. The first-order valence-corrected chi connectivity index (χ1v) is 12.9. The van der Waals surface area contributed by atoms with Crippen LogP contribution in [0.1, 0.15) is 37.7 Å². The Morgan fingerprint density at radius 1 is 1.06 bits per heavy atom. The predicted octanol–water partition coefficient (Wildman–Crippen LogP) is 4.48. The number of nitrogens with zero attached hydrogens (tertiary/aromatic N) is 1. The number of rotatable bonds is 9. The molecule has 8 heteroatoms. The van der Waals surface area contributed by atoms with Crippen LogP contribution in [0.2, 0.25) is 0 Å². The number of aromatic nitrogens is 1. The fourth-order valence-corrected chi connectivity index (χ4v) is 4.98. The van der Waals surface area contributed by atoms with Crippen LogP contribution >= 0.6 is 0 Å². The maximum Gasteiger partial charge on any atom is 0.350 e. The molecule has 0 unspecified atom stereocenters. The molecule has 0 saturated heterocycles. The lowest BCUT2D eigenvalue weighted by atomic mass is 10.0. The zero-order valence-electron chi connectivity index (χ0n) is 19.0. The fourth-order valence-electron chi connectivity index (χ4n) is 4.52. The van der Waals surface area contributed by atoms with E-state index in [1.54, 1.807) is 12.1 Å². The van der Waals surface area contributed by atoms with Crippen LogP contribution in [0.5, 0.6) is 11.5 Å². The highest BCUT2D eigenvalue weighted by molar-refractivity contribution is 7.86. The maximum absolute atomic E-state index is 12.3. The highest BCUT2D eigenvalue weighted by Crippen LogP contribution is 2.36. The van der Waals surface area contributed by atoms with Crippen molar-refractivity contribution in [1.82, 2.24) is 4.57 Å². The summed E-state index contributed by atoms with van der Waals surface area (Å²) in [6.45, 7) is 0.812. The monoisotopic (exact) mass is 471 g/mol. The lowest BCUT2D eigenvalue weighted by molar-refractivity contribution is -0.158. The van der Waals surface area contributed by atoms with Crippen LogP contribution in [0.3, 0.4) is 0 Å². The minimum absolute atomic E-state index is 0.296. The molecule has 0 radical (unpaired) electrons. The van der Waals surface area contributed by atoms with E-state index < -0.39 is 15.7 Å². The van der Waals surface area contributed by atoms with E-state index in [0.29, 0.717) is 24.3 Å². The molecule has 4 rings (SSSR count). The lowest BCUT2D eigenvalue weighted by Gasteiger charge is -2.27. The molecule has 0 atom stereocenters. The molecule has 1 aliphatic carbocycles. The quantitative estimate of drug-likeness (QED) is 0.338. The van der Waals surface area contributed by atoms with Crippen LogP contribution in [0, 0.1) is 0 Å². The van der Waals surface area contributed by atoms with Crippen LogP contribution in [0.15, 0.2) is 54.7 Å². The summed E-state index contributed by atoms with van der Waals surface area (Å²) in [5.74, 6) is 0.714. The number of aryl methyl sites for hydroxylation is 2. The van der Waals surface area contributed by atoms with E-state index >= 15 is 0 Å². The van der Waals surface area contributed by atoms with Crippen LogP contribution in [0.4, 0.5) is 0 Å². The first-order chi connectivity index (χ1) is 15.8. The Hall–Kier alpha value is -3.00. The van der Waals surface area contributed by atoms with Crippen molar-refractivity contribution in [3.63, 3.8) is 0 Å². The average molecular weight is 472 g/mol. The van der Waals surface area contributed by atoms with Crippen molar-refractivity contribution in [2.45, 2.75) is 50.7 Å². The first-order valence-electron chi connectivity index (χ1n) is 11.1. The van der Waals surface area contributed by atoms with Crippen LogP contribution in [0.25, 0.3) is 10.9 Å². The second-order valence-corrected chi connectivity index (χ2v) is 10.1. The van der Waals surface area contributed by atoms with E-state index in [2.05, 4.69) is 10.6 Å². The molecule has 3 aromatic rings. The number of hydrogen-bond acceptors (Lipinski definition) is 6. The van der Waals surface area contributed by atoms with Crippen molar-refractivity contribution in [2.24, 2.45) is 0 Å². The van der Waals surface area contributed by atoms with Crippen molar-refractivity contribution >= 4 is 27.0 Å². The standard InChI is InChI=1S/C25H29NO6S/c1-30-24(27)25(13-3-4-14-25)31-21-9-5-7-19(17-21)8-6-15-26-16-12-20-18-22(10-11-23(20)26)32-33(2,28)29/h5,7,9-12,16-18H,3-4,6,8,13-15H2,1-2H3. The number of fused-ring (bicyclic) bond motifs is 1. The molecule has 0 amide bonds. The molecule has 1 aromatic heterocycles. The summed E-state index contributed by atoms with van der Waals surface area (Å²) >= 11 is 0. The molecule has 1 aliphatic rings. The van der Waals surface area contributed by atoms with E-state index in [-0.39, 0.29) is 5.97 Å². The second kappa shape index (κ2) is 9.47. The number of methoxy groups -OCH3 is 1. The average Bonchev–Trinajstić information content (AvgIpc) is 3.40. The molecule has 7 nitrogen and oxygen atoms in total. The molecule has 1 fully saturated rings. The van der Waals surface area contributed by atoms with Crippen LogP contribution < -0.4 is 8.92 Å². The van der Waals surface area contributed by atoms with Crippen molar-refractivity contribution in [2.75, 3.05) is 13.4 Å². The number of ether oxygens (including phenoxy) is 2. The Bertz CT molecular complexity index is 1240. The summed E-state index contributed by atoms with van der Waals surface area (Å²) in [6, 6.07) is 15.1. The molecular weight excluding hydrogens is 442 g/mol. The van der Waals surface area contributed by atoms with Gasteiger partial charge >= 0.3 is 16.1 Å². The summed E-state index contributed by atoms with van der Waals surface area (Å²) in [6.07, 6.45) is 8.08. The molecule has 33 heavy (non-hydrogen) atoms. The summed E-state index contributed by atoms with van der Waals surface area (Å²) in [5, 5.41) is 0.927. The van der Waals surface area contributed by atoms with Crippen molar-refractivity contribution in [3.8, 4) is 11.5 Å². The zero-order valence-corrected chi connectivity index (χ0v) is 19.8. The maximum atomic E-state index is 12.3. The molecule has 0 spiro atoms. The molecule has 1 saturated carbocycles. The van der Waals surface area contributed by atoms with Gasteiger partial charge in [-0.05, 0) is 80.5 Å². The zero-order chi connectivity index (χ0) is 23.5. The Morgan fingerprint density at radius 2 is 1.85 bits per heavy atom. The topological polar surface area (TPSA) is 83.8 Å². The predicted molar refractivity (Wildman–Crippen MR) is 126 cm³/mol. The Balaban J connectivity index is 1.39. The van der Waals surface area contributed by atoms with Gasteiger partial charge in [0.05, 0.1) is 13.4 Å². The molecule has 176 valence electrons. The number of carbonyl (C=O) groups excluding carboxylic acids is 1. The third-order valence-electron chi connectivity index (χ3n) is 6.03. The lowest BCUT2D eigenvalue weighted by Crippen LogP contribution is -2.42. The van der Waals surface area contributed by atoms with Gasteiger partial charge in [-0.1, -0.05) is 12.1 Å². The highest BCUT2D eigenvalue weighted by atomic mass is 32.2. The van der Waals surface area contributed by atoms with Gasteiger partial charge in [-0.3, -0.25) is 0 Å². The van der Waals surface area contributed by atoms with Gasteiger partial charge in [0.15, 0.2) is 0 Å². The van der Waals surface area contributed by atoms with E-state index in [1.165, 1.54) is 7.11 Å². The number of hydrogen-bond donors (Lipinski definition) is 0. The van der Waals surface area contributed by atoms with Gasteiger partial charge < -0.3 is 18.2 Å². The Kier molecular flexibility index (Phi) is 6.65. The van der Waals surface area contributed by atoms with E-state index in [4.69, 9.17) is 13.7 Å². The summed E-state index contributed by atoms with van der Waals surface area (Å²) in [5.41, 5.74) is 1.30. The molecular formula is C25H29NO6S. The molecule has 0 aliphatic heterocycles. The smallest absolute Gasteiger partial charge is 0.350 e. The summed E-state index contributed by atoms with van der Waals surface area (Å²) in [4.78, 5) is 12.3. The van der Waals surface area contributed by atoms with Gasteiger partial charge in [-0.2, -0.15) is 8.42 Å². The minimum atomic E-state index is -3.55. The van der Waals surface area contributed by atoms with Crippen molar-refractivity contribution in [3.05, 3.63) is 60.3 Å². The SMILES string of the molecule is COC(=O)C1(Oc2cccc(CCCn3ccc4cc(OS(C)(=O)=O)ccc43)c2)CCCC1. The molecule has 1 heterocycles. The first kappa shape index (κ1) is 23.2. The van der Waals surface area contributed by atoms with Crippen molar-refractivity contribution in [1.29, 1.82) is 0 Å². The van der Waals surface area contributed by atoms with Crippen molar-refractivity contribution < 1.29 is 26.9 Å². The van der Waals surface area contributed by atoms with Gasteiger partial charge in [0.25, 0.3) is 0 Å². The van der Waals surface area contributed by atoms with Gasteiger partial charge in [-0.15, -0.1) is 0 Å². The molecule has 2 aromatic carbocycles. The molecule has 0 N–H and O–H groups in total. The number of esters is 1. The number of benzene rings is 2. The van der Waals surface area contributed by atoms with Gasteiger partial charge in [0.1, 0.15) is 11.5 Å². The normalized spacial score (nSPS) is 15.5. The summed E-state index contributed by atoms with van der Waals surface area (Å²) in [7, 11) is -2.14.